The average Bonchev–Trinajstić information content (AvgIpc) is 2.86. The van der Waals surface area contributed by atoms with Gasteiger partial charge in [0.1, 0.15) is 11.3 Å². The van der Waals surface area contributed by atoms with Crippen molar-refractivity contribution in [2.75, 3.05) is 0 Å². The molecule has 0 aliphatic carbocycles. The molecular formula is C19H27IO2Si. The molecule has 2 aromatic rings. The van der Waals surface area contributed by atoms with Gasteiger partial charge in [0.15, 0.2) is 8.32 Å². The van der Waals surface area contributed by atoms with Gasteiger partial charge < -0.3 is 8.84 Å². The number of furan rings is 1. The van der Waals surface area contributed by atoms with E-state index in [1.807, 2.05) is 18.2 Å². The van der Waals surface area contributed by atoms with Crippen molar-refractivity contribution in [3.8, 4) is 0 Å². The van der Waals surface area contributed by atoms with Crippen molar-refractivity contribution in [2.45, 2.75) is 57.8 Å². The second-order valence-electron chi connectivity index (χ2n) is 7.52. The molecule has 0 amide bonds. The molecule has 23 heavy (non-hydrogen) atoms. The Kier molecular flexibility index (Phi) is 6.14. The fraction of sp³-hybridized carbons (Fsp3) is 0.474. The van der Waals surface area contributed by atoms with Crippen molar-refractivity contribution < 1.29 is 8.84 Å². The lowest BCUT2D eigenvalue weighted by Crippen LogP contribution is -2.43. The molecule has 0 saturated heterocycles. The first-order valence-electron chi connectivity index (χ1n) is 8.15. The minimum Gasteiger partial charge on any atom is -0.461 e. The normalized spacial score (nSPS) is 14.7. The first-order chi connectivity index (χ1) is 10.7. The maximum absolute atomic E-state index is 6.54. The maximum atomic E-state index is 6.54. The van der Waals surface area contributed by atoms with E-state index in [1.54, 1.807) is 0 Å². The zero-order valence-corrected chi connectivity index (χ0v) is 17.9. The van der Waals surface area contributed by atoms with Crippen molar-refractivity contribution >= 4 is 41.9 Å². The van der Waals surface area contributed by atoms with Crippen molar-refractivity contribution in [1.82, 2.24) is 0 Å². The summed E-state index contributed by atoms with van der Waals surface area (Å²) in [5.41, 5.74) is 0.966. The Bertz CT molecular complexity index is 634. The Morgan fingerprint density at radius 2 is 1.96 bits per heavy atom. The molecule has 4 heteroatoms. The monoisotopic (exact) mass is 442 g/mol. The van der Waals surface area contributed by atoms with Crippen LogP contribution in [0.15, 0.2) is 44.9 Å². The highest BCUT2D eigenvalue weighted by Gasteiger charge is 2.38. The van der Waals surface area contributed by atoms with Gasteiger partial charge in [-0.25, -0.2) is 0 Å². The number of fused-ring (bicyclic) bond motifs is 1. The number of benzene rings is 1. The molecule has 0 aliphatic rings. The molecule has 0 radical (unpaired) electrons. The molecule has 0 saturated carbocycles. The molecule has 1 aromatic heterocycles. The van der Waals surface area contributed by atoms with Crippen molar-refractivity contribution in [3.63, 3.8) is 0 Å². The van der Waals surface area contributed by atoms with E-state index in [9.17, 15) is 0 Å². The molecule has 0 spiro atoms. The zero-order chi connectivity index (χ0) is 17.1. The summed E-state index contributed by atoms with van der Waals surface area (Å²) < 4.78 is 14.5. The van der Waals surface area contributed by atoms with Crippen LogP contribution in [-0.2, 0) is 10.8 Å². The number of hydrogen-bond acceptors (Lipinski definition) is 2. The third-order valence-electron chi connectivity index (χ3n) is 4.69. The summed E-state index contributed by atoms with van der Waals surface area (Å²) in [6, 6.07) is 10.3. The van der Waals surface area contributed by atoms with Crippen molar-refractivity contribution in [1.29, 1.82) is 0 Å². The van der Waals surface area contributed by atoms with E-state index in [0.29, 0.717) is 0 Å². The zero-order valence-electron chi connectivity index (χ0n) is 14.7. The molecule has 2 nitrogen and oxygen atoms in total. The molecule has 2 rings (SSSR count). The molecular weight excluding hydrogens is 415 g/mol. The van der Waals surface area contributed by atoms with Gasteiger partial charge in [-0.2, -0.15) is 0 Å². The van der Waals surface area contributed by atoms with Gasteiger partial charge in [-0.3, -0.25) is 0 Å². The lowest BCUT2D eigenvalue weighted by Gasteiger charge is -2.38. The van der Waals surface area contributed by atoms with Crippen LogP contribution in [-0.4, -0.2) is 14.4 Å². The summed E-state index contributed by atoms with van der Waals surface area (Å²) in [5.74, 6) is 1.04. The molecule has 0 N–H and O–H groups in total. The van der Waals surface area contributed by atoms with Gasteiger partial charge in [-0.05, 0) is 40.8 Å². The van der Waals surface area contributed by atoms with Crippen LogP contribution < -0.4 is 0 Å². The summed E-state index contributed by atoms with van der Waals surface area (Å²) >= 11 is 2.27. The van der Waals surface area contributed by atoms with Gasteiger partial charge in [-0.15, -0.1) is 0 Å². The van der Waals surface area contributed by atoms with Crippen LogP contribution in [0.4, 0.5) is 0 Å². The van der Waals surface area contributed by atoms with Crippen LogP contribution in [0, 0.1) is 0 Å². The molecule has 0 fully saturated rings. The van der Waals surface area contributed by atoms with Crippen LogP contribution >= 0.6 is 22.6 Å². The molecule has 1 unspecified atom stereocenters. The van der Waals surface area contributed by atoms with Crippen LogP contribution in [0.2, 0.25) is 18.1 Å². The molecule has 1 atom stereocenters. The average molecular weight is 442 g/mol. The van der Waals surface area contributed by atoms with Crippen molar-refractivity contribution in [3.05, 3.63) is 46.3 Å². The maximum Gasteiger partial charge on any atom is 0.192 e. The van der Waals surface area contributed by atoms with E-state index in [-0.39, 0.29) is 11.1 Å². The lowest BCUT2D eigenvalue weighted by molar-refractivity contribution is 0.213. The third kappa shape index (κ3) is 4.94. The summed E-state index contributed by atoms with van der Waals surface area (Å²) in [6.07, 6.45) is 4.17. The third-order valence-corrected chi connectivity index (χ3v) is 9.61. The summed E-state index contributed by atoms with van der Waals surface area (Å²) in [6.45, 7) is 11.5. The Labute approximate surface area is 154 Å². The minimum atomic E-state index is -1.76. The number of hydrogen-bond donors (Lipinski definition) is 0. The van der Waals surface area contributed by atoms with Gasteiger partial charge >= 0.3 is 0 Å². The van der Waals surface area contributed by atoms with Gasteiger partial charge in [0.25, 0.3) is 0 Å². The summed E-state index contributed by atoms with van der Waals surface area (Å²) in [7, 11) is -1.76. The van der Waals surface area contributed by atoms with Gasteiger partial charge in [0.05, 0.1) is 6.10 Å². The van der Waals surface area contributed by atoms with Gasteiger partial charge in [0, 0.05) is 11.8 Å². The van der Waals surface area contributed by atoms with E-state index in [0.717, 1.165) is 24.2 Å². The van der Waals surface area contributed by atoms with E-state index >= 15 is 0 Å². The summed E-state index contributed by atoms with van der Waals surface area (Å²) in [4.78, 5) is 0. The molecule has 1 heterocycles. The predicted octanol–water partition coefficient (Wildman–Crippen LogP) is 6.70. The highest BCUT2D eigenvalue weighted by Crippen LogP contribution is 2.38. The Balaban J connectivity index is 2.05. The number of rotatable bonds is 6. The van der Waals surface area contributed by atoms with E-state index < -0.39 is 8.32 Å². The predicted molar refractivity (Wildman–Crippen MR) is 110 cm³/mol. The molecule has 1 aromatic carbocycles. The van der Waals surface area contributed by atoms with Crippen LogP contribution in [0.3, 0.4) is 0 Å². The molecule has 126 valence electrons. The smallest absolute Gasteiger partial charge is 0.192 e. The van der Waals surface area contributed by atoms with Crippen LogP contribution in [0.25, 0.3) is 11.0 Å². The fourth-order valence-corrected chi connectivity index (χ4v) is 4.05. The van der Waals surface area contributed by atoms with E-state index in [2.05, 4.69) is 78.7 Å². The molecule has 0 bridgehead atoms. The first kappa shape index (κ1) is 18.7. The van der Waals surface area contributed by atoms with Crippen LogP contribution in [0.1, 0.15) is 33.0 Å². The molecule has 0 aliphatic heterocycles. The fourth-order valence-electron chi connectivity index (χ4n) is 2.28. The Hall–Kier alpha value is -0.593. The topological polar surface area (TPSA) is 22.4 Å². The first-order valence-corrected chi connectivity index (χ1v) is 12.3. The number of para-hydroxylation sites is 1. The number of aryl methyl sites for hydroxylation is 1. The second kappa shape index (κ2) is 7.53. The lowest BCUT2D eigenvalue weighted by atomic mass is 10.1. The minimum absolute atomic E-state index is 0.154. The second-order valence-corrected chi connectivity index (χ2v) is 13.0. The Morgan fingerprint density at radius 3 is 2.57 bits per heavy atom. The van der Waals surface area contributed by atoms with Gasteiger partial charge in [-0.1, -0.05) is 67.6 Å². The highest BCUT2D eigenvalue weighted by atomic mass is 127. The number of halogens is 1. The standard InChI is InChI=1S/C19H27IO2Si/c1-19(2,3)23(4,5)22-16(12-13-20)10-11-17-14-15-8-6-7-9-18(15)21-17/h6-9,12-14,16H,10-11H2,1-5H3. The van der Waals surface area contributed by atoms with Crippen molar-refractivity contribution in [2.24, 2.45) is 0 Å². The largest absolute Gasteiger partial charge is 0.461 e. The summed E-state index contributed by atoms with van der Waals surface area (Å²) in [5, 5.41) is 1.40. The SMILES string of the molecule is CC(C)(C)[Si](C)(C)OC(C=CI)CCc1cc2ccccc2o1. The highest BCUT2D eigenvalue weighted by molar-refractivity contribution is 14.1. The van der Waals surface area contributed by atoms with Crippen LogP contribution in [0.5, 0.6) is 0 Å². The Morgan fingerprint density at radius 1 is 1.26 bits per heavy atom. The quantitative estimate of drug-likeness (QED) is 0.367. The van der Waals surface area contributed by atoms with E-state index in [1.165, 1.54) is 5.39 Å². The van der Waals surface area contributed by atoms with E-state index in [4.69, 9.17) is 8.84 Å². The van der Waals surface area contributed by atoms with Gasteiger partial charge in [0.2, 0.25) is 0 Å².